The fourth-order valence-electron chi connectivity index (χ4n) is 2.28. The maximum Gasteiger partial charge on any atom is 0.240 e. The third-order valence-electron chi connectivity index (χ3n) is 3.68. The Morgan fingerprint density at radius 1 is 1.24 bits per heavy atom. The van der Waals surface area contributed by atoms with Crippen LogP contribution in [0.2, 0.25) is 0 Å². The van der Waals surface area contributed by atoms with Gasteiger partial charge in [-0.2, -0.15) is 0 Å². The van der Waals surface area contributed by atoms with Gasteiger partial charge in [0, 0.05) is 12.1 Å². The van der Waals surface area contributed by atoms with Crippen LogP contribution in [0.15, 0.2) is 29.2 Å². The van der Waals surface area contributed by atoms with E-state index in [1.54, 1.807) is 12.1 Å². The fourth-order valence-corrected chi connectivity index (χ4v) is 5.33. The molecule has 6 nitrogen and oxygen atoms in total. The summed E-state index contributed by atoms with van der Waals surface area (Å²) in [5, 5.41) is 3.08. The highest BCUT2D eigenvalue weighted by atomic mass is 32.2. The molecule has 1 saturated heterocycles. The maximum absolute atomic E-state index is 12.2. The van der Waals surface area contributed by atoms with E-state index in [1.807, 2.05) is 14.0 Å². The van der Waals surface area contributed by atoms with Gasteiger partial charge in [0.1, 0.15) is 0 Å². The van der Waals surface area contributed by atoms with Crippen molar-refractivity contribution in [3.8, 4) is 0 Å². The number of hydrogen-bond donors (Lipinski definition) is 2. The van der Waals surface area contributed by atoms with Gasteiger partial charge >= 0.3 is 0 Å². The first-order chi connectivity index (χ1) is 9.73. The van der Waals surface area contributed by atoms with E-state index < -0.39 is 25.9 Å². The Hall–Kier alpha value is -0.960. The van der Waals surface area contributed by atoms with E-state index in [-0.39, 0.29) is 22.4 Å². The molecule has 2 N–H and O–H groups in total. The molecule has 1 fully saturated rings. The van der Waals surface area contributed by atoms with Gasteiger partial charge in [0.2, 0.25) is 10.0 Å². The van der Waals surface area contributed by atoms with Gasteiger partial charge in [-0.15, -0.1) is 0 Å². The second-order valence-corrected chi connectivity index (χ2v) is 9.24. The number of sulfonamides is 1. The second-order valence-electron chi connectivity index (χ2n) is 5.30. The van der Waals surface area contributed by atoms with Crippen LogP contribution in [0.1, 0.15) is 24.9 Å². The zero-order valence-corrected chi connectivity index (χ0v) is 13.7. The molecule has 2 rings (SSSR count). The summed E-state index contributed by atoms with van der Waals surface area (Å²) < 4.78 is 49.7. The highest BCUT2D eigenvalue weighted by Gasteiger charge is 2.31. The molecule has 118 valence electrons. The summed E-state index contributed by atoms with van der Waals surface area (Å²) >= 11 is 0. The molecule has 8 heteroatoms. The van der Waals surface area contributed by atoms with Crippen LogP contribution < -0.4 is 10.0 Å². The minimum absolute atomic E-state index is 0.0405. The van der Waals surface area contributed by atoms with Gasteiger partial charge in [0.05, 0.1) is 16.4 Å². The van der Waals surface area contributed by atoms with Crippen LogP contribution in [0.5, 0.6) is 0 Å². The lowest BCUT2D eigenvalue weighted by Gasteiger charge is -2.13. The Morgan fingerprint density at radius 3 is 2.33 bits per heavy atom. The average Bonchev–Trinajstić information content (AvgIpc) is 2.76. The number of benzene rings is 1. The smallest absolute Gasteiger partial charge is 0.240 e. The SMILES string of the molecule is CNC(C)c1ccc(S(=O)(=O)NC2CCS(=O)(=O)C2)cc1. The van der Waals surface area contributed by atoms with Crippen molar-refractivity contribution in [3.05, 3.63) is 29.8 Å². The highest BCUT2D eigenvalue weighted by Crippen LogP contribution is 2.18. The van der Waals surface area contributed by atoms with E-state index in [9.17, 15) is 16.8 Å². The van der Waals surface area contributed by atoms with Crippen molar-refractivity contribution in [1.29, 1.82) is 0 Å². The van der Waals surface area contributed by atoms with Gasteiger partial charge in [-0.3, -0.25) is 0 Å². The van der Waals surface area contributed by atoms with Gasteiger partial charge < -0.3 is 5.32 Å². The third-order valence-corrected chi connectivity index (χ3v) is 6.98. The maximum atomic E-state index is 12.2. The molecule has 0 spiro atoms. The van der Waals surface area contributed by atoms with Crippen molar-refractivity contribution in [1.82, 2.24) is 10.0 Å². The van der Waals surface area contributed by atoms with E-state index in [4.69, 9.17) is 0 Å². The molecule has 0 radical (unpaired) electrons. The van der Waals surface area contributed by atoms with Gasteiger partial charge in [-0.25, -0.2) is 21.6 Å². The van der Waals surface area contributed by atoms with Crippen LogP contribution in [0, 0.1) is 0 Å². The van der Waals surface area contributed by atoms with Crippen molar-refractivity contribution in [2.24, 2.45) is 0 Å². The second kappa shape index (κ2) is 6.04. The van der Waals surface area contributed by atoms with E-state index in [1.165, 1.54) is 12.1 Å². The Morgan fingerprint density at radius 2 is 1.86 bits per heavy atom. The van der Waals surface area contributed by atoms with Crippen LogP contribution in [-0.4, -0.2) is 41.4 Å². The third kappa shape index (κ3) is 4.03. The zero-order chi connectivity index (χ0) is 15.7. The van der Waals surface area contributed by atoms with Gasteiger partial charge in [0.25, 0.3) is 0 Å². The monoisotopic (exact) mass is 332 g/mol. The summed E-state index contributed by atoms with van der Waals surface area (Å²) in [5.41, 5.74) is 0.986. The lowest BCUT2D eigenvalue weighted by atomic mass is 10.1. The molecular formula is C13H20N2O4S2. The van der Waals surface area contributed by atoms with Crippen LogP contribution >= 0.6 is 0 Å². The van der Waals surface area contributed by atoms with Gasteiger partial charge in [-0.1, -0.05) is 12.1 Å². The Labute approximate surface area is 125 Å². The van der Waals surface area contributed by atoms with Crippen molar-refractivity contribution in [3.63, 3.8) is 0 Å². The summed E-state index contributed by atoms with van der Waals surface area (Å²) in [7, 11) is -4.95. The van der Waals surface area contributed by atoms with E-state index in [0.29, 0.717) is 6.42 Å². The summed E-state index contributed by atoms with van der Waals surface area (Å²) in [5.74, 6) is -0.0834. The first kappa shape index (κ1) is 16.4. The number of hydrogen-bond acceptors (Lipinski definition) is 5. The lowest BCUT2D eigenvalue weighted by Crippen LogP contribution is -2.35. The molecule has 1 aromatic rings. The lowest BCUT2D eigenvalue weighted by molar-refractivity contribution is 0.562. The number of nitrogens with one attached hydrogen (secondary N) is 2. The van der Waals surface area contributed by atoms with Crippen molar-refractivity contribution < 1.29 is 16.8 Å². The van der Waals surface area contributed by atoms with Crippen LogP contribution in [0.25, 0.3) is 0 Å². The molecule has 2 atom stereocenters. The predicted molar refractivity (Wildman–Crippen MR) is 81.3 cm³/mol. The molecule has 0 saturated carbocycles. The molecule has 0 aliphatic carbocycles. The first-order valence-corrected chi connectivity index (χ1v) is 10.0. The zero-order valence-electron chi connectivity index (χ0n) is 12.0. The molecule has 1 aliphatic heterocycles. The summed E-state index contributed by atoms with van der Waals surface area (Å²) in [4.78, 5) is 0.152. The normalized spacial score (nSPS) is 23.0. The minimum Gasteiger partial charge on any atom is -0.313 e. The summed E-state index contributed by atoms with van der Waals surface area (Å²) in [6, 6.07) is 6.18. The van der Waals surface area contributed by atoms with Crippen molar-refractivity contribution in [2.75, 3.05) is 18.6 Å². The fraction of sp³-hybridized carbons (Fsp3) is 0.538. The Kier molecular flexibility index (Phi) is 4.72. The largest absolute Gasteiger partial charge is 0.313 e. The van der Waals surface area contributed by atoms with E-state index >= 15 is 0 Å². The first-order valence-electron chi connectivity index (χ1n) is 6.73. The molecule has 0 bridgehead atoms. The van der Waals surface area contributed by atoms with Crippen LogP contribution in [0.3, 0.4) is 0 Å². The molecule has 2 unspecified atom stereocenters. The summed E-state index contributed by atoms with van der Waals surface area (Å²) in [6.45, 7) is 1.98. The van der Waals surface area contributed by atoms with Crippen LogP contribution in [0.4, 0.5) is 0 Å². The molecule has 1 aliphatic rings. The highest BCUT2D eigenvalue weighted by molar-refractivity contribution is 7.92. The van der Waals surface area contributed by atoms with Gasteiger partial charge in [-0.05, 0) is 38.1 Å². The molecular weight excluding hydrogens is 312 g/mol. The van der Waals surface area contributed by atoms with Crippen molar-refractivity contribution in [2.45, 2.75) is 30.3 Å². The number of rotatable bonds is 5. The minimum atomic E-state index is -3.68. The average molecular weight is 332 g/mol. The molecule has 0 amide bonds. The van der Waals surface area contributed by atoms with Crippen molar-refractivity contribution >= 4 is 19.9 Å². The van der Waals surface area contributed by atoms with Crippen LogP contribution in [-0.2, 0) is 19.9 Å². The number of sulfone groups is 1. The molecule has 21 heavy (non-hydrogen) atoms. The summed E-state index contributed by atoms with van der Waals surface area (Å²) in [6.07, 6.45) is 0.330. The standard InChI is InChI=1S/C13H20N2O4S2/c1-10(14-2)11-3-5-13(6-4-11)21(18,19)15-12-7-8-20(16,17)9-12/h3-6,10,12,14-15H,7-9H2,1-2H3. The topological polar surface area (TPSA) is 92.3 Å². The van der Waals surface area contributed by atoms with E-state index in [2.05, 4.69) is 10.0 Å². The predicted octanol–water partition coefficient (Wildman–Crippen LogP) is 0.432. The molecule has 1 heterocycles. The molecule has 0 aromatic heterocycles. The van der Waals surface area contributed by atoms with E-state index in [0.717, 1.165) is 5.56 Å². The van der Waals surface area contributed by atoms with Gasteiger partial charge in [0.15, 0.2) is 9.84 Å². The Bertz CT molecular complexity index is 696. The Balaban J connectivity index is 2.13. The quantitative estimate of drug-likeness (QED) is 0.816. The molecule has 1 aromatic carbocycles.